The second kappa shape index (κ2) is 9.98. The maximum atomic E-state index is 13.6. The van der Waals surface area contributed by atoms with Crippen LogP contribution < -0.4 is 10.1 Å². The van der Waals surface area contributed by atoms with Crippen LogP contribution in [0.5, 0.6) is 5.75 Å². The third kappa shape index (κ3) is 6.12. The summed E-state index contributed by atoms with van der Waals surface area (Å²) >= 11 is 1.74. The van der Waals surface area contributed by atoms with Crippen LogP contribution in [-0.4, -0.2) is 53.5 Å². The number of carbonyl (C=O) groups excluding carboxylic acids is 2. The third-order valence-electron chi connectivity index (χ3n) is 6.41. The van der Waals surface area contributed by atoms with E-state index in [4.69, 9.17) is 4.74 Å². The lowest BCUT2D eigenvalue weighted by Gasteiger charge is -2.37. The van der Waals surface area contributed by atoms with E-state index < -0.39 is 0 Å². The van der Waals surface area contributed by atoms with E-state index >= 15 is 0 Å². The lowest BCUT2D eigenvalue weighted by molar-refractivity contribution is -0.135. The summed E-state index contributed by atoms with van der Waals surface area (Å²) < 4.78 is 6.25. The van der Waals surface area contributed by atoms with Gasteiger partial charge in [0.2, 0.25) is 5.91 Å². The predicted molar refractivity (Wildman–Crippen MR) is 136 cm³/mol. The molecular weight excluding hydrogens is 446 g/mol. The summed E-state index contributed by atoms with van der Waals surface area (Å²) in [6, 6.07) is 7.96. The van der Waals surface area contributed by atoms with Crippen molar-refractivity contribution in [1.29, 1.82) is 0 Å². The van der Waals surface area contributed by atoms with Crippen LogP contribution in [0.25, 0.3) is 0 Å². The normalized spacial score (nSPS) is 17.8. The van der Waals surface area contributed by atoms with Gasteiger partial charge in [-0.1, -0.05) is 17.7 Å². The molecule has 1 unspecified atom stereocenters. The number of benzene rings is 1. The molecule has 0 radical (unpaired) electrons. The van der Waals surface area contributed by atoms with Gasteiger partial charge in [0.25, 0.3) is 0 Å². The highest BCUT2D eigenvalue weighted by atomic mass is 32.1. The van der Waals surface area contributed by atoms with Gasteiger partial charge in [-0.25, -0.2) is 4.79 Å². The molecule has 1 fully saturated rings. The fourth-order valence-corrected chi connectivity index (χ4v) is 5.42. The molecule has 7 heteroatoms. The number of nitrogens with one attached hydrogen (secondary N) is 1. The summed E-state index contributed by atoms with van der Waals surface area (Å²) in [5.41, 5.74) is 3.11. The zero-order chi connectivity index (χ0) is 24.5. The first-order valence-electron chi connectivity index (χ1n) is 12.2. The van der Waals surface area contributed by atoms with Gasteiger partial charge in [-0.2, -0.15) is 0 Å². The zero-order valence-electron chi connectivity index (χ0n) is 21.0. The Kier molecular flexibility index (Phi) is 7.22. The number of ether oxygens (including phenoxy) is 1. The Hall–Kier alpha value is -2.54. The van der Waals surface area contributed by atoms with E-state index in [2.05, 4.69) is 29.8 Å². The first-order chi connectivity index (χ1) is 16.1. The van der Waals surface area contributed by atoms with Crippen LogP contribution in [0.2, 0.25) is 0 Å². The van der Waals surface area contributed by atoms with E-state index in [9.17, 15) is 9.59 Å². The fourth-order valence-electron chi connectivity index (χ4n) is 4.49. The van der Waals surface area contributed by atoms with E-state index in [-0.39, 0.29) is 30.1 Å². The molecule has 34 heavy (non-hydrogen) atoms. The second-order valence-corrected chi connectivity index (χ2v) is 11.7. The molecule has 1 N–H and O–H groups in total. The summed E-state index contributed by atoms with van der Waals surface area (Å²) in [6.07, 6.45) is 3.10. The van der Waals surface area contributed by atoms with Gasteiger partial charge in [0.15, 0.2) is 0 Å². The molecule has 1 aromatic heterocycles. The van der Waals surface area contributed by atoms with E-state index in [1.807, 2.05) is 44.7 Å². The lowest BCUT2D eigenvalue weighted by atomic mass is 10.00. The molecule has 1 aliphatic heterocycles. The first-order valence-corrected chi connectivity index (χ1v) is 13.1. The van der Waals surface area contributed by atoms with Gasteiger partial charge in [-0.05, 0) is 88.4 Å². The van der Waals surface area contributed by atoms with Crippen molar-refractivity contribution in [2.45, 2.75) is 65.5 Å². The Morgan fingerprint density at radius 3 is 2.65 bits per heavy atom. The predicted octanol–water partition coefficient (Wildman–Crippen LogP) is 5.09. The van der Waals surface area contributed by atoms with Gasteiger partial charge >= 0.3 is 6.03 Å². The monoisotopic (exact) mass is 483 g/mol. The number of aryl methyl sites for hydroxylation is 2. The summed E-state index contributed by atoms with van der Waals surface area (Å²) in [6.45, 7) is 11.8. The number of hydrogen-bond acceptors (Lipinski definition) is 4. The number of amides is 3. The smallest absolute Gasteiger partial charge is 0.318 e. The maximum Gasteiger partial charge on any atom is 0.318 e. The van der Waals surface area contributed by atoms with E-state index in [0.29, 0.717) is 25.6 Å². The SMILES string of the molecule is Cc1ccc(OCC2c3ccsc3CCN2C(=O)CN(CC2CC2)C(=O)NC(C)(C)C)c(C)c1. The molecule has 2 heterocycles. The summed E-state index contributed by atoms with van der Waals surface area (Å²) in [5.74, 6) is 1.34. The molecule has 0 spiro atoms. The second-order valence-electron chi connectivity index (χ2n) is 10.7. The Bertz CT molecular complexity index is 1040. The summed E-state index contributed by atoms with van der Waals surface area (Å²) in [7, 11) is 0. The van der Waals surface area contributed by atoms with Gasteiger partial charge in [0.05, 0.1) is 6.04 Å². The number of urea groups is 1. The standard InChI is InChI=1S/C27H37N3O3S/c1-18-6-9-23(19(2)14-18)33-17-22-21-11-13-34-24(21)10-12-30(22)25(31)16-29(15-20-7-8-20)26(32)28-27(3,4)5/h6,9,11,13-14,20,22H,7-8,10,12,15-17H2,1-5H3,(H,28,32). The molecule has 1 saturated carbocycles. The Labute approximate surface area is 207 Å². The number of nitrogens with zero attached hydrogens (tertiary/aromatic N) is 2. The molecule has 0 bridgehead atoms. The highest BCUT2D eigenvalue weighted by molar-refractivity contribution is 7.10. The molecule has 1 atom stereocenters. The highest BCUT2D eigenvalue weighted by Gasteiger charge is 2.35. The molecule has 1 aliphatic carbocycles. The third-order valence-corrected chi connectivity index (χ3v) is 7.41. The number of hydrogen-bond donors (Lipinski definition) is 1. The van der Waals surface area contributed by atoms with Crippen LogP contribution in [0.3, 0.4) is 0 Å². The van der Waals surface area contributed by atoms with E-state index in [1.54, 1.807) is 16.2 Å². The maximum absolute atomic E-state index is 13.6. The van der Waals surface area contributed by atoms with Crippen molar-refractivity contribution < 1.29 is 14.3 Å². The molecule has 1 aromatic carbocycles. The lowest BCUT2D eigenvalue weighted by Crippen LogP contribution is -2.53. The quantitative estimate of drug-likeness (QED) is 0.597. The van der Waals surface area contributed by atoms with E-state index in [0.717, 1.165) is 30.6 Å². The molecule has 2 aromatic rings. The van der Waals surface area contributed by atoms with Gasteiger partial charge < -0.3 is 19.9 Å². The average molecular weight is 484 g/mol. The molecule has 4 rings (SSSR count). The van der Waals surface area contributed by atoms with E-state index in [1.165, 1.54) is 16.0 Å². The summed E-state index contributed by atoms with van der Waals surface area (Å²) in [5, 5.41) is 5.13. The minimum atomic E-state index is -0.346. The fraction of sp³-hybridized carbons (Fsp3) is 0.556. The Morgan fingerprint density at radius 1 is 1.21 bits per heavy atom. The van der Waals surface area contributed by atoms with Crippen LogP contribution >= 0.6 is 11.3 Å². The van der Waals surface area contributed by atoms with Crippen molar-refractivity contribution >= 4 is 23.3 Å². The van der Waals surface area contributed by atoms with Crippen molar-refractivity contribution in [2.75, 3.05) is 26.2 Å². The molecule has 6 nitrogen and oxygen atoms in total. The number of rotatable bonds is 7. The van der Waals surface area contributed by atoms with Gasteiger partial charge in [0, 0.05) is 23.5 Å². The van der Waals surface area contributed by atoms with Crippen molar-refractivity contribution in [3.63, 3.8) is 0 Å². The number of thiophene rings is 1. The van der Waals surface area contributed by atoms with Crippen molar-refractivity contribution in [1.82, 2.24) is 15.1 Å². The van der Waals surface area contributed by atoms with Crippen molar-refractivity contribution in [2.24, 2.45) is 5.92 Å². The molecule has 2 aliphatic rings. The number of fused-ring (bicyclic) bond motifs is 1. The van der Waals surface area contributed by atoms with Crippen LogP contribution in [0.15, 0.2) is 29.6 Å². The molecule has 184 valence electrons. The van der Waals surface area contributed by atoms with Gasteiger partial charge in [0.1, 0.15) is 18.9 Å². The topological polar surface area (TPSA) is 61.9 Å². The molecule has 0 saturated heterocycles. The largest absolute Gasteiger partial charge is 0.491 e. The molecule has 3 amide bonds. The minimum Gasteiger partial charge on any atom is -0.491 e. The zero-order valence-corrected chi connectivity index (χ0v) is 21.8. The van der Waals surface area contributed by atoms with Crippen molar-refractivity contribution in [3.8, 4) is 5.75 Å². The van der Waals surface area contributed by atoms with Crippen LogP contribution in [0, 0.1) is 19.8 Å². The minimum absolute atomic E-state index is 0.0178. The Morgan fingerprint density at radius 2 is 1.97 bits per heavy atom. The summed E-state index contributed by atoms with van der Waals surface area (Å²) in [4.78, 5) is 31.5. The van der Waals surface area contributed by atoms with Crippen molar-refractivity contribution in [3.05, 3.63) is 51.2 Å². The van der Waals surface area contributed by atoms with Crippen LogP contribution in [-0.2, 0) is 11.2 Å². The Balaban J connectivity index is 1.50. The number of carbonyl (C=O) groups is 2. The van der Waals surface area contributed by atoms with Gasteiger partial charge in [-0.3, -0.25) is 4.79 Å². The van der Waals surface area contributed by atoms with Crippen LogP contribution in [0.1, 0.15) is 61.2 Å². The first kappa shape index (κ1) is 24.6. The van der Waals surface area contributed by atoms with Crippen LogP contribution in [0.4, 0.5) is 4.79 Å². The van der Waals surface area contributed by atoms with Gasteiger partial charge in [-0.15, -0.1) is 11.3 Å². The molecular formula is C27H37N3O3S. The average Bonchev–Trinajstić information content (AvgIpc) is 3.43. The highest BCUT2D eigenvalue weighted by Crippen LogP contribution is 2.35.